The Kier molecular flexibility index (Phi) is 5.81. The van der Waals surface area contributed by atoms with Crippen LogP contribution in [0.2, 0.25) is 0 Å². The van der Waals surface area contributed by atoms with Crippen LogP contribution in [0.3, 0.4) is 0 Å². The molecule has 1 aliphatic rings. The van der Waals surface area contributed by atoms with E-state index in [0.29, 0.717) is 12.1 Å². The Morgan fingerprint density at radius 2 is 2.25 bits per heavy atom. The Hall–Kier alpha value is -0.570. The van der Waals surface area contributed by atoms with Gasteiger partial charge >= 0.3 is 0 Å². The third kappa shape index (κ3) is 4.12. The largest absolute Gasteiger partial charge is 0.353 e. The molecule has 0 aromatic carbocycles. The summed E-state index contributed by atoms with van der Waals surface area (Å²) in [5.41, 5.74) is 0. The van der Waals surface area contributed by atoms with E-state index in [1.165, 1.54) is 0 Å². The fraction of sp³-hybridized carbons (Fsp3) is 0.923. The molecule has 0 aromatic rings. The number of carbonyl (C=O) groups excluding carboxylic acids is 1. The Labute approximate surface area is 99.4 Å². The fourth-order valence-corrected chi connectivity index (χ4v) is 2.42. The van der Waals surface area contributed by atoms with Gasteiger partial charge in [-0.2, -0.15) is 0 Å². The van der Waals surface area contributed by atoms with Crippen LogP contribution in [0.4, 0.5) is 0 Å². The third-order valence-corrected chi connectivity index (χ3v) is 3.47. The minimum atomic E-state index is 0.224. The molecule has 0 bridgehead atoms. The lowest BCUT2D eigenvalue weighted by Crippen LogP contribution is -2.45. The summed E-state index contributed by atoms with van der Waals surface area (Å²) in [5, 5.41) is 6.57. The molecule has 94 valence electrons. The molecule has 3 unspecified atom stereocenters. The van der Waals surface area contributed by atoms with Crippen LogP contribution < -0.4 is 10.6 Å². The standard InChI is InChI=1S/C13H26N2O/c1-4-6-12(5-2)15-13(16)11-7-8-14-10(3)9-11/h10-12,14H,4-9H2,1-3H3,(H,15,16). The van der Waals surface area contributed by atoms with Gasteiger partial charge < -0.3 is 10.6 Å². The second-order valence-electron chi connectivity index (χ2n) is 4.98. The fourth-order valence-electron chi connectivity index (χ4n) is 2.42. The first kappa shape index (κ1) is 13.5. The van der Waals surface area contributed by atoms with Gasteiger partial charge in [-0.15, -0.1) is 0 Å². The molecule has 0 saturated carbocycles. The quantitative estimate of drug-likeness (QED) is 0.753. The molecule has 0 spiro atoms. The Bertz CT molecular complexity index is 218. The first-order valence-electron chi connectivity index (χ1n) is 6.71. The van der Waals surface area contributed by atoms with E-state index in [0.717, 1.165) is 38.6 Å². The maximum atomic E-state index is 12.0. The highest BCUT2D eigenvalue weighted by Gasteiger charge is 2.25. The van der Waals surface area contributed by atoms with Crippen molar-refractivity contribution in [2.24, 2.45) is 5.92 Å². The van der Waals surface area contributed by atoms with Gasteiger partial charge in [-0.25, -0.2) is 0 Å². The van der Waals surface area contributed by atoms with E-state index in [1.807, 2.05) is 0 Å². The summed E-state index contributed by atoms with van der Waals surface area (Å²) in [6.07, 6.45) is 5.25. The number of nitrogens with one attached hydrogen (secondary N) is 2. The average molecular weight is 226 g/mol. The van der Waals surface area contributed by atoms with Crippen molar-refractivity contribution >= 4 is 5.91 Å². The highest BCUT2D eigenvalue weighted by atomic mass is 16.1. The first-order chi connectivity index (χ1) is 7.67. The summed E-state index contributed by atoms with van der Waals surface area (Å²) in [6, 6.07) is 0.860. The van der Waals surface area contributed by atoms with Crippen LogP contribution in [0.5, 0.6) is 0 Å². The van der Waals surface area contributed by atoms with E-state index < -0.39 is 0 Å². The van der Waals surface area contributed by atoms with Gasteiger partial charge in [0.25, 0.3) is 0 Å². The lowest BCUT2D eigenvalue weighted by Gasteiger charge is -2.28. The van der Waals surface area contributed by atoms with Crippen LogP contribution in [0.25, 0.3) is 0 Å². The number of rotatable bonds is 5. The summed E-state index contributed by atoms with van der Waals surface area (Å²) >= 11 is 0. The minimum absolute atomic E-state index is 0.224. The third-order valence-electron chi connectivity index (χ3n) is 3.47. The molecule has 3 heteroatoms. The topological polar surface area (TPSA) is 41.1 Å². The summed E-state index contributed by atoms with van der Waals surface area (Å²) < 4.78 is 0. The summed E-state index contributed by atoms with van der Waals surface area (Å²) in [4.78, 5) is 12.0. The van der Waals surface area contributed by atoms with Crippen LogP contribution in [0.1, 0.15) is 52.9 Å². The molecular formula is C13H26N2O. The van der Waals surface area contributed by atoms with E-state index in [9.17, 15) is 4.79 Å². The van der Waals surface area contributed by atoms with Crippen LogP contribution in [-0.4, -0.2) is 24.5 Å². The maximum Gasteiger partial charge on any atom is 0.223 e. The molecule has 1 saturated heterocycles. The summed E-state index contributed by atoms with van der Waals surface area (Å²) in [6.45, 7) is 7.44. The molecule has 0 aliphatic carbocycles. The number of carbonyl (C=O) groups is 1. The zero-order valence-corrected chi connectivity index (χ0v) is 10.9. The van der Waals surface area contributed by atoms with Gasteiger partial charge in [-0.1, -0.05) is 20.3 Å². The van der Waals surface area contributed by atoms with Crippen molar-refractivity contribution < 1.29 is 4.79 Å². The van der Waals surface area contributed by atoms with E-state index in [4.69, 9.17) is 0 Å². The van der Waals surface area contributed by atoms with Gasteiger partial charge in [0, 0.05) is 18.0 Å². The summed E-state index contributed by atoms with van der Waals surface area (Å²) in [5.74, 6) is 0.496. The molecule has 1 rings (SSSR count). The Morgan fingerprint density at radius 1 is 1.50 bits per heavy atom. The number of hydrogen-bond donors (Lipinski definition) is 2. The zero-order chi connectivity index (χ0) is 12.0. The van der Waals surface area contributed by atoms with Crippen LogP contribution in [-0.2, 0) is 4.79 Å². The molecular weight excluding hydrogens is 200 g/mol. The predicted molar refractivity (Wildman–Crippen MR) is 67.3 cm³/mol. The van der Waals surface area contributed by atoms with E-state index >= 15 is 0 Å². The van der Waals surface area contributed by atoms with Crippen LogP contribution >= 0.6 is 0 Å². The molecule has 2 N–H and O–H groups in total. The highest BCUT2D eigenvalue weighted by molar-refractivity contribution is 5.79. The SMILES string of the molecule is CCCC(CC)NC(=O)C1CCNC(C)C1. The maximum absolute atomic E-state index is 12.0. The van der Waals surface area contributed by atoms with Gasteiger partial charge in [0.1, 0.15) is 0 Å². The van der Waals surface area contributed by atoms with E-state index in [-0.39, 0.29) is 11.8 Å². The van der Waals surface area contributed by atoms with Crippen LogP contribution in [0.15, 0.2) is 0 Å². The molecule has 1 amide bonds. The second-order valence-corrected chi connectivity index (χ2v) is 4.98. The van der Waals surface area contributed by atoms with Gasteiger partial charge in [0.15, 0.2) is 0 Å². The lowest BCUT2D eigenvalue weighted by atomic mass is 9.92. The second kappa shape index (κ2) is 6.89. The molecule has 1 heterocycles. The minimum Gasteiger partial charge on any atom is -0.353 e. The molecule has 0 radical (unpaired) electrons. The average Bonchev–Trinajstić information content (AvgIpc) is 2.28. The van der Waals surface area contributed by atoms with Crippen molar-refractivity contribution in [1.82, 2.24) is 10.6 Å². The molecule has 16 heavy (non-hydrogen) atoms. The summed E-state index contributed by atoms with van der Waals surface area (Å²) in [7, 11) is 0. The van der Waals surface area contributed by atoms with E-state index in [2.05, 4.69) is 31.4 Å². The predicted octanol–water partition coefficient (Wildman–Crippen LogP) is 2.07. The monoisotopic (exact) mass is 226 g/mol. The highest BCUT2D eigenvalue weighted by Crippen LogP contribution is 2.16. The number of hydrogen-bond acceptors (Lipinski definition) is 2. The van der Waals surface area contributed by atoms with Crippen molar-refractivity contribution in [2.75, 3.05) is 6.54 Å². The van der Waals surface area contributed by atoms with Crippen LogP contribution in [0, 0.1) is 5.92 Å². The Balaban J connectivity index is 2.37. The lowest BCUT2D eigenvalue weighted by molar-refractivity contribution is -0.126. The van der Waals surface area contributed by atoms with Crippen molar-refractivity contribution in [1.29, 1.82) is 0 Å². The van der Waals surface area contributed by atoms with Crippen molar-refractivity contribution in [2.45, 2.75) is 65.0 Å². The zero-order valence-electron chi connectivity index (χ0n) is 10.9. The van der Waals surface area contributed by atoms with Crippen molar-refractivity contribution in [3.8, 4) is 0 Å². The van der Waals surface area contributed by atoms with Gasteiger partial charge in [-0.3, -0.25) is 4.79 Å². The smallest absolute Gasteiger partial charge is 0.223 e. The Morgan fingerprint density at radius 3 is 2.81 bits per heavy atom. The van der Waals surface area contributed by atoms with Gasteiger partial charge in [-0.05, 0) is 39.2 Å². The molecule has 1 aliphatic heterocycles. The first-order valence-corrected chi connectivity index (χ1v) is 6.71. The molecule has 0 aromatic heterocycles. The molecule has 3 nitrogen and oxygen atoms in total. The van der Waals surface area contributed by atoms with Gasteiger partial charge in [0.2, 0.25) is 5.91 Å². The number of amides is 1. The normalized spacial score (nSPS) is 27.4. The molecule has 1 fully saturated rings. The van der Waals surface area contributed by atoms with Gasteiger partial charge in [0.05, 0.1) is 0 Å². The number of piperidine rings is 1. The molecule has 3 atom stereocenters. The van der Waals surface area contributed by atoms with Crippen molar-refractivity contribution in [3.63, 3.8) is 0 Å². The van der Waals surface area contributed by atoms with E-state index in [1.54, 1.807) is 0 Å². The van der Waals surface area contributed by atoms with Crippen molar-refractivity contribution in [3.05, 3.63) is 0 Å².